The lowest BCUT2D eigenvalue weighted by Crippen LogP contribution is -2.54. The Morgan fingerprint density at radius 3 is 2.71 bits per heavy atom. The van der Waals surface area contributed by atoms with Gasteiger partial charge in [0.1, 0.15) is 6.04 Å². The molecule has 1 aliphatic carbocycles. The zero-order valence-corrected chi connectivity index (χ0v) is 10.4. The van der Waals surface area contributed by atoms with Crippen LogP contribution < -0.4 is 5.32 Å². The number of carbonyl (C=O) groups is 2. The van der Waals surface area contributed by atoms with E-state index in [9.17, 15) is 9.59 Å². The molecular weight excluding hydrogens is 220 g/mol. The summed E-state index contributed by atoms with van der Waals surface area (Å²) in [4.78, 5) is 25.0. The van der Waals surface area contributed by atoms with E-state index < -0.39 is 12.0 Å². The Hall–Kier alpha value is -1.10. The maximum Gasteiger partial charge on any atom is 0.305 e. The first-order valence-electron chi connectivity index (χ1n) is 6.20. The highest BCUT2D eigenvalue weighted by Gasteiger charge is 2.46. The summed E-state index contributed by atoms with van der Waals surface area (Å²) in [5.74, 6) is -1.04. The van der Waals surface area contributed by atoms with Gasteiger partial charge in [-0.15, -0.1) is 0 Å². The second-order valence-electron chi connectivity index (χ2n) is 5.61. The molecule has 2 N–H and O–H groups in total. The van der Waals surface area contributed by atoms with Gasteiger partial charge >= 0.3 is 5.97 Å². The molecule has 1 aliphatic heterocycles. The van der Waals surface area contributed by atoms with Crippen LogP contribution in [-0.4, -0.2) is 46.1 Å². The molecule has 1 atom stereocenters. The van der Waals surface area contributed by atoms with E-state index in [0.717, 1.165) is 19.3 Å². The standard InChI is InChI=1S/C12H20N2O3/c1-12(2)5-6-13-11(17)9(7-10(15)16)14(12)8-3-4-8/h8-9H,3-7H2,1-2H3,(H,13,17)(H,15,16). The van der Waals surface area contributed by atoms with E-state index in [4.69, 9.17) is 5.11 Å². The third-order valence-electron chi connectivity index (χ3n) is 3.68. The summed E-state index contributed by atoms with van der Waals surface area (Å²) in [6, 6.07) is -0.129. The number of amides is 1. The molecule has 0 bridgehead atoms. The summed E-state index contributed by atoms with van der Waals surface area (Å²) >= 11 is 0. The van der Waals surface area contributed by atoms with Crippen LogP contribution in [0.25, 0.3) is 0 Å². The Morgan fingerprint density at radius 2 is 2.18 bits per heavy atom. The molecule has 96 valence electrons. The first kappa shape index (κ1) is 12.4. The summed E-state index contributed by atoms with van der Waals surface area (Å²) in [5.41, 5.74) is -0.111. The van der Waals surface area contributed by atoms with Gasteiger partial charge in [-0.1, -0.05) is 0 Å². The molecule has 1 heterocycles. The number of rotatable bonds is 3. The monoisotopic (exact) mass is 240 g/mol. The van der Waals surface area contributed by atoms with Gasteiger partial charge in [0.05, 0.1) is 6.42 Å². The SMILES string of the molecule is CC1(C)CCNC(=O)C(CC(=O)O)N1C1CC1. The van der Waals surface area contributed by atoms with Crippen LogP contribution in [0, 0.1) is 0 Å². The number of aliphatic carboxylic acids is 1. The zero-order chi connectivity index (χ0) is 12.6. The largest absolute Gasteiger partial charge is 0.481 e. The summed E-state index contributed by atoms with van der Waals surface area (Å²) in [6.07, 6.45) is 2.91. The highest BCUT2D eigenvalue weighted by Crippen LogP contribution is 2.37. The van der Waals surface area contributed by atoms with Gasteiger partial charge in [0.2, 0.25) is 5.91 Å². The highest BCUT2D eigenvalue weighted by molar-refractivity contribution is 5.86. The molecule has 0 spiro atoms. The van der Waals surface area contributed by atoms with Crippen molar-refractivity contribution in [3.8, 4) is 0 Å². The first-order chi connectivity index (χ1) is 7.92. The molecule has 0 aromatic heterocycles. The van der Waals surface area contributed by atoms with Crippen molar-refractivity contribution in [2.45, 2.75) is 57.2 Å². The second-order valence-corrected chi connectivity index (χ2v) is 5.61. The summed E-state index contributed by atoms with van der Waals surface area (Å²) in [5, 5.41) is 11.8. The Morgan fingerprint density at radius 1 is 1.53 bits per heavy atom. The fraction of sp³-hybridized carbons (Fsp3) is 0.833. The van der Waals surface area contributed by atoms with Crippen LogP contribution in [-0.2, 0) is 9.59 Å². The van der Waals surface area contributed by atoms with Crippen LogP contribution in [0.1, 0.15) is 39.5 Å². The summed E-state index contributed by atoms with van der Waals surface area (Å²) < 4.78 is 0. The van der Waals surface area contributed by atoms with E-state index in [0.29, 0.717) is 12.6 Å². The lowest BCUT2D eigenvalue weighted by atomic mass is 9.95. The molecule has 1 unspecified atom stereocenters. The van der Waals surface area contributed by atoms with Gasteiger partial charge in [-0.05, 0) is 33.1 Å². The molecule has 0 aromatic rings. The van der Waals surface area contributed by atoms with Crippen LogP contribution >= 0.6 is 0 Å². The molecule has 0 aromatic carbocycles. The lowest BCUT2D eigenvalue weighted by Gasteiger charge is -2.40. The van der Waals surface area contributed by atoms with Crippen molar-refractivity contribution in [3.05, 3.63) is 0 Å². The van der Waals surface area contributed by atoms with Gasteiger partial charge in [-0.2, -0.15) is 0 Å². The molecule has 1 saturated carbocycles. The average Bonchev–Trinajstić information content (AvgIpc) is 2.98. The fourth-order valence-corrected chi connectivity index (χ4v) is 2.74. The van der Waals surface area contributed by atoms with Crippen LogP contribution in [0.4, 0.5) is 0 Å². The molecule has 0 radical (unpaired) electrons. The molecule has 2 rings (SSSR count). The Labute approximate surface area is 101 Å². The molecule has 2 aliphatic rings. The van der Waals surface area contributed by atoms with E-state index in [1.54, 1.807) is 0 Å². The number of carboxylic acids is 1. The van der Waals surface area contributed by atoms with Crippen molar-refractivity contribution in [3.63, 3.8) is 0 Å². The molecule has 2 fully saturated rings. The number of nitrogens with one attached hydrogen (secondary N) is 1. The Bertz CT molecular complexity index is 337. The molecule has 5 nitrogen and oxygen atoms in total. The minimum absolute atomic E-state index is 0.105. The smallest absolute Gasteiger partial charge is 0.305 e. The van der Waals surface area contributed by atoms with Gasteiger partial charge in [-0.3, -0.25) is 14.5 Å². The summed E-state index contributed by atoms with van der Waals surface area (Å²) in [7, 11) is 0. The minimum atomic E-state index is -0.909. The topological polar surface area (TPSA) is 69.6 Å². The number of hydrogen-bond acceptors (Lipinski definition) is 3. The summed E-state index contributed by atoms with van der Waals surface area (Å²) in [6.45, 7) is 4.83. The van der Waals surface area contributed by atoms with Gasteiger partial charge in [0.25, 0.3) is 0 Å². The normalized spacial score (nSPS) is 29.5. The van der Waals surface area contributed by atoms with Crippen LogP contribution in [0.5, 0.6) is 0 Å². The van der Waals surface area contributed by atoms with Crippen molar-refractivity contribution >= 4 is 11.9 Å². The van der Waals surface area contributed by atoms with Crippen LogP contribution in [0.2, 0.25) is 0 Å². The molecule has 17 heavy (non-hydrogen) atoms. The predicted octanol–water partition coefficient (Wildman–Crippen LogP) is 0.593. The average molecular weight is 240 g/mol. The Kier molecular flexibility index (Phi) is 3.12. The van der Waals surface area contributed by atoms with Gasteiger partial charge in [0, 0.05) is 18.1 Å². The number of nitrogens with zero attached hydrogens (tertiary/aromatic N) is 1. The maximum absolute atomic E-state index is 12.0. The van der Waals surface area contributed by atoms with Crippen molar-refractivity contribution in [2.75, 3.05) is 6.54 Å². The molecular formula is C12H20N2O3. The van der Waals surface area contributed by atoms with E-state index in [1.807, 2.05) is 0 Å². The van der Waals surface area contributed by atoms with Gasteiger partial charge in [0.15, 0.2) is 0 Å². The van der Waals surface area contributed by atoms with E-state index >= 15 is 0 Å². The fourth-order valence-electron chi connectivity index (χ4n) is 2.74. The number of carboxylic acid groups (broad SMARTS) is 1. The van der Waals surface area contributed by atoms with Crippen molar-refractivity contribution in [1.29, 1.82) is 0 Å². The van der Waals surface area contributed by atoms with E-state index in [2.05, 4.69) is 24.1 Å². The predicted molar refractivity (Wildman–Crippen MR) is 62.6 cm³/mol. The molecule has 1 saturated heterocycles. The van der Waals surface area contributed by atoms with Crippen molar-refractivity contribution < 1.29 is 14.7 Å². The third-order valence-corrected chi connectivity index (χ3v) is 3.68. The van der Waals surface area contributed by atoms with Gasteiger partial charge < -0.3 is 10.4 Å². The van der Waals surface area contributed by atoms with Crippen LogP contribution in [0.15, 0.2) is 0 Å². The first-order valence-corrected chi connectivity index (χ1v) is 6.20. The Balaban J connectivity index is 2.26. The zero-order valence-electron chi connectivity index (χ0n) is 10.4. The highest BCUT2D eigenvalue weighted by atomic mass is 16.4. The van der Waals surface area contributed by atoms with Crippen LogP contribution in [0.3, 0.4) is 0 Å². The molecule has 5 heteroatoms. The third kappa shape index (κ3) is 2.60. The van der Waals surface area contributed by atoms with Crippen molar-refractivity contribution in [2.24, 2.45) is 0 Å². The second kappa shape index (κ2) is 4.29. The van der Waals surface area contributed by atoms with E-state index in [-0.39, 0.29) is 17.9 Å². The number of hydrogen-bond donors (Lipinski definition) is 2. The minimum Gasteiger partial charge on any atom is -0.481 e. The van der Waals surface area contributed by atoms with Crippen molar-refractivity contribution in [1.82, 2.24) is 10.2 Å². The lowest BCUT2D eigenvalue weighted by molar-refractivity contribution is -0.143. The van der Waals surface area contributed by atoms with Gasteiger partial charge in [-0.25, -0.2) is 0 Å². The number of carbonyl (C=O) groups excluding carboxylic acids is 1. The quantitative estimate of drug-likeness (QED) is 0.757. The maximum atomic E-state index is 12.0. The molecule has 1 amide bonds. The van der Waals surface area contributed by atoms with E-state index in [1.165, 1.54) is 0 Å².